The van der Waals surface area contributed by atoms with Crippen LogP contribution < -0.4 is 5.32 Å². The molecule has 0 aliphatic rings. The number of anilines is 1. The van der Waals surface area contributed by atoms with Crippen LogP contribution in [0.25, 0.3) is 10.9 Å². The average Bonchev–Trinajstić information content (AvgIpc) is 2.47. The Morgan fingerprint density at radius 1 is 1.19 bits per heavy atom. The number of carbonyl (C=O) groups is 1. The molecule has 0 radical (unpaired) electrons. The molecule has 0 spiro atoms. The van der Waals surface area contributed by atoms with Crippen LogP contribution in [0.1, 0.15) is 16.2 Å². The molecule has 21 heavy (non-hydrogen) atoms. The molecule has 0 unspecified atom stereocenters. The van der Waals surface area contributed by atoms with Crippen LogP contribution in [0, 0.1) is 6.92 Å². The predicted octanol–water partition coefficient (Wildman–Crippen LogP) is 3.95. The molecule has 5 heteroatoms. The number of carbonyl (C=O) groups excluding carboxylic acids is 1. The molecule has 1 aromatic carbocycles. The summed E-state index contributed by atoms with van der Waals surface area (Å²) in [6.45, 7) is 1.90. The monoisotopic (exact) mass is 341 g/mol. The third kappa shape index (κ3) is 2.92. The minimum Gasteiger partial charge on any atom is -0.320 e. The summed E-state index contributed by atoms with van der Waals surface area (Å²) in [4.78, 5) is 20.8. The number of rotatable bonds is 2. The van der Waals surface area contributed by atoms with Crippen molar-refractivity contribution < 1.29 is 4.79 Å². The van der Waals surface area contributed by atoms with Crippen molar-refractivity contribution in [2.75, 3.05) is 5.32 Å². The average molecular weight is 342 g/mol. The summed E-state index contributed by atoms with van der Waals surface area (Å²) in [5.41, 5.74) is 2.83. The molecular weight excluding hydrogens is 330 g/mol. The number of nitrogens with one attached hydrogen (secondary N) is 1. The summed E-state index contributed by atoms with van der Waals surface area (Å²) in [7, 11) is 0. The Morgan fingerprint density at radius 2 is 2.00 bits per heavy atom. The fourth-order valence-corrected chi connectivity index (χ4v) is 2.34. The number of para-hydroxylation sites is 1. The van der Waals surface area contributed by atoms with Gasteiger partial charge in [0.15, 0.2) is 0 Å². The number of hydrogen-bond donors (Lipinski definition) is 1. The van der Waals surface area contributed by atoms with Gasteiger partial charge in [0, 0.05) is 21.7 Å². The van der Waals surface area contributed by atoms with Gasteiger partial charge in [0.25, 0.3) is 5.91 Å². The molecule has 0 atom stereocenters. The van der Waals surface area contributed by atoms with Crippen molar-refractivity contribution >= 4 is 38.4 Å². The number of nitrogens with zero attached hydrogens (tertiary/aromatic N) is 2. The number of pyridine rings is 2. The van der Waals surface area contributed by atoms with Crippen LogP contribution in [0.5, 0.6) is 0 Å². The molecule has 3 rings (SSSR count). The standard InChI is InChI=1S/C16H12BrN3O/c1-10-8-15(12-4-2-3-5-13(12)19-10)20-16(21)14-7-6-11(17)9-18-14/h2-9H,1H3,(H,19,20,21). The van der Waals surface area contributed by atoms with Crippen molar-refractivity contribution in [1.29, 1.82) is 0 Å². The lowest BCUT2D eigenvalue weighted by molar-refractivity contribution is 0.102. The van der Waals surface area contributed by atoms with Gasteiger partial charge in [0.1, 0.15) is 5.69 Å². The Hall–Kier alpha value is -2.27. The first kappa shape index (κ1) is 13.7. The number of hydrogen-bond acceptors (Lipinski definition) is 3. The van der Waals surface area contributed by atoms with Gasteiger partial charge in [-0.15, -0.1) is 0 Å². The zero-order valence-corrected chi connectivity index (χ0v) is 12.9. The van der Waals surface area contributed by atoms with Gasteiger partial charge in [-0.05, 0) is 47.1 Å². The van der Waals surface area contributed by atoms with Gasteiger partial charge in [-0.2, -0.15) is 0 Å². The zero-order valence-electron chi connectivity index (χ0n) is 11.3. The van der Waals surface area contributed by atoms with Gasteiger partial charge in [-0.1, -0.05) is 18.2 Å². The lowest BCUT2D eigenvalue weighted by Crippen LogP contribution is -2.14. The molecule has 0 saturated heterocycles. The molecule has 0 saturated carbocycles. The molecule has 0 aliphatic carbocycles. The summed E-state index contributed by atoms with van der Waals surface area (Å²) in [6.07, 6.45) is 1.60. The number of aryl methyl sites for hydroxylation is 1. The number of amides is 1. The van der Waals surface area contributed by atoms with E-state index >= 15 is 0 Å². The quantitative estimate of drug-likeness (QED) is 0.767. The first-order valence-corrected chi connectivity index (χ1v) is 7.22. The number of aromatic nitrogens is 2. The minimum atomic E-state index is -0.238. The third-order valence-corrected chi connectivity index (χ3v) is 3.52. The summed E-state index contributed by atoms with van der Waals surface area (Å²) in [6, 6.07) is 13.0. The SMILES string of the molecule is Cc1cc(NC(=O)c2ccc(Br)cn2)c2ccccc2n1. The Morgan fingerprint density at radius 3 is 2.76 bits per heavy atom. The second-order valence-electron chi connectivity index (χ2n) is 4.64. The van der Waals surface area contributed by atoms with Crippen molar-refractivity contribution in [2.24, 2.45) is 0 Å². The Balaban J connectivity index is 1.98. The van der Waals surface area contributed by atoms with Crippen molar-refractivity contribution in [3.8, 4) is 0 Å². The fraction of sp³-hybridized carbons (Fsp3) is 0.0625. The second kappa shape index (κ2) is 5.61. The molecule has 4 nitrogen and oxygen atoms in total. The minimum absolute atomic E-state index is 0.238. The third-order valence-electron chi connectivity index (χ3n) is 3.05. The van der Waals surface area contributed by atoms with Crippen molar-refractivity contribution in [3.63, 3.8) is 0 Å². The van der Waals surface area contributed by atoms with Gasteiger partial charge in [0.05, 0.1) is 11.2 Å². The van der Waals surface area contributed by atoms with Crippen LogP contribution in [0.15, 0.2) is 53.1 Å². The molecule has 3 aromatic rings. The van der Waals surface area contributed by atoms with E-state index in [0.717, 1.165) is 26.8 Å². The van der Waals surface area contributed by atoms with Crippen LogP contribution in [0.2, 0.25) is 0 Å². The van der Waals surface area contributed by atoms with Crippen LogP contribution >= 0.6 is 15.9 Å². The Bertz CT molecular complexity index is 815. The maximum Gasteiger partial charge on any atom is 0.274 e. The second-order valence-corrected chi connectivity index (χ2v) is 5.56. The van der Waals surface area contributed by atoms with E-state index < -0.39 is 0 Å². The molecule has 1 N–H and O–H groups in total. The van der Waals surface area contributed by atoms with Crippen LogP contribution in [-0.2, 0) is 0 Å². The molecule has 104 valence electrons. The summed E-state index contributed by atoms with van der Waals surface area (Å²) in [5, 5.41) is 3.82. The molecule has 0 bridgehead atoms. The van der Waals surface area contributed by atoms with Crippen molar-refractivity contribution in [2.45, 2.75) is 6.92 Å². The molecule has 0 fully saturated rings. The van der Waals surface area contributed by atoms with Crippen molar-refractivity contribution in [1.82, 2.24) is 9.97 Å². The zero-order chi connectivity index (χ0) is 14.8. The number of halogens is 1. The van der Waals surface area contributed by atoms with Gasteiger partial charge in [-0.25, -0.2) is 4.98 Å². The summed E-state index contributed by atoms with van der Waals surface area (Å²) >= 11 is 3.30. The van der Waals surface area contributed by atoms with Crippen LogP contribution in [-0.4, -0.2) is 15.9 Å². The van der Waals surface area contributed by atoms with E-state index in [9.17, 15) is 4.79 Å². The number of benzene rings is 1. The highest BCUT2D eigenvalue weighted by Gasteiger charge is 2.10. The van der Waals surface area contributed by atoms with E-state index in [1.54, 1.807) is 18.3 Å². The van der Waals surface area contributed by atoms with Gasteiger partial charge in [-0.3, -0.25) is 9.78 Å². The lowest BCUT2D eigenvalue weighted by atomic mass is 10.1. The highest BCUT2D eigenvalue weighted by molar-refractivity contribution is 9.10. The van der Waals surface area contributed by atoms with E-state index in [4.69, 9.17) is 0 Å². The Kier molecular flexibility index (Phi) is 3.66. The number of fused-ring (bicyclic) bond motifs is 1. The van der Waals surface area contributed by atoms with Crippen LogP contribution in [0.4, 0.5) is 5.69 Å². The fourth-order valence-electron chi connectivity index (χ4n) is 2.11. The van der Waals surface area contributed by atoms with E-state index in [2.05, 4.69) is 31.2 Å². The normalized spacial score (nSPS) is 10.6. The van der Waals surface area contributed by atoms with E-state index in [1.807, 2.05) is 37.3 Å². The van der Waals surface area contributed by atoms with Gasteiger partial charge >= 0.3 is 0 Å². The van der Waals surface area contributed by atoms with Gasteiger partial charge in [0.2, 0.25) is 0 Å². The first-order chi connectivity index (χ1) is 10.1. The molecule has 2 aromatic heterocycles. The molecular formula is C16H12BrN3O. The molecule has 1 amide bonds. The summed E-state index contributed by atoms with van der Waals surface area (Å²) < 4.78 is 0.837. The van der Waals surface area contributed by atoms with Crippen LogP contribution in [0.3, 0.4) is 0 Å². The lowest BCUT2D eigenvalue weighted by Gasteiger charge is -2.09. The van der Waals surface area contributed by atoms with Gasteiger partial charge < -0.3 is 5.32 Å². The Labute approximate surface area is 130 Å². The predicted molar refractivity (Wildman–Crippen MR) is 86.4 cm³/mol. The maximum atomic E-state index is 12.3. The van der Waals surface area contributed by atoms with E-state index in [1.165, 1.54) is 0 Å². The molecule has 2 heterocycles. The first-order valence-electron chi connectivity index (χ1n) is 6.43. The highest BCUT2D eigenvalue weighted by atomic mass is 79.9. The van der Waals surface area contributed by atoms with E-state index in [0.29, 0.717) is 5.69 Å². The maximum absolute atomic E-state index is 12.3. The smallest absolute Gasteiger partial charge is 0.274 e. The topological polar surface area (TPSA) is 54.9 Å². The van der Waals surface area contributed by atoms with E-state index in [-0.39, 0.29) is 5.91 Å². The van der Waals surface area contributed by atoms with Crippen molar-refractivity contribution in [3.05, 3.63) is 64.5 Å². The largest absolute Gasteiger partial charge is 0.320 e. The highest BCUT2D eigenvalue weighted by Crippen LogP contribution is 2.23. The molecule has 0 aliphatic heterocycles. The summed E-state index contributed by atoms with van der Waals surface area (Å²) in [5.74, 6) is -0.238.